The van der Waals surface area contributed by atoms with Crippen molar-refractivity contribution in [2.75, 3.05) is 16.6 Å². The van der Waals surface area contributed by atoms with Crippen molar-refractivity contribution in [1.82, 2.24) is 24.1 Å². The molecule has 3 rings (SSSR count). The molecule has 3 aromatic heterocycles. The largest absolute Gasteiger partial charge is 0.368 e. The first-order chi connectivity index (χ1) is 10.0. The maximum absolute atomic E-state index is 12.6. The molecule has 0 atom stereocenters. The first kappa shape index (κ1) is 13.8. The topological polar surface area (TPSA) is 106 Å². The number of nitrogens with one attached hydrogen (secondary N) is 2. The number of rotatable bonds is 5. The van der Waals surface area contributed by atoms with Gasteiger partial charge in [-0.15, -0.1) is 11.3 Å². The Morgan fingerprint density at radius 1 is 1.43 bits per heavy atom. The number of hydrogen-bond acceptors (Lipinski definition) is 7. The molecule has 0 aliphatic rings. The minimum atomic E-state index is -3.84. The molecule has 0 unspecified atom stereocenters. The highest BCUT2D eigenvalue weighted by atomic mass is 32.2. The third-order valence-electron chi connectivity index (χ3n) is 2.75. The number of imidazole rings is 1. The van der Waals surface area contributed by atoms with E-state index in [1.807, 2.05) is 6.92 Å². The molecule has 11 heteroatoms. The van der Waals surface area contributed by atoms with E-state index < -0.39 is 10.0 Å². The van der Waals surface area contributed by atoms with Gasteiger partial charge in [-0.1, -0.05) is 0 Å². The van der Waals surface area contributed by atoms with Crippen molar-refractivity contribution in [1.29, 1.82) is 0 Å². The van der Waals surface area contributed by atoms with E-state index in [0.29, 0.717) is 17.3 Å². The predicted molar refractivity (Wildman–Crippen MR) is 79.0 cm³/mol. The van der Waals surface area contributed by atoms with Gasteiger partial charge in [0.15, 0.2) is 10.8 Å². The molecule has 21 heavy (non-hydrogen) atoms. The van der Waals surface area contributed by atoms with E-state index in [4.69, 9.17) is 0 Å². The summed E-state index contributed by atoms with van der Waals surface area (Å²) in [5.41, 5.74) is 0. The monoisotopic (exact) mass is 327 g/mol. The van der Waals surface area contributed by atoms with Gasteiger partial charge in [0.1, 0.15) is 6.33 Å². The van der Waals surface area contributed by atoms with Crippen LogP contribution in [0.5, 0.6) is 0 Å². The van der Waals surface area contributed by atoms with E-state index in [2.05, 4.69) is 25.1 Å². The number of aromatic nitrogens is 5. The lowest BCUT2D eigenvalue weighted by Crippen LogP contribution is -2.19. The second-order valence-corrected chi connectivity index (χ2v) is 6.63. The molecule has 3 heterocycles. The number of sulfonamides is 1. The van der Waals surface area contributed by atoms with Crippen LogP contribution < -0.4 is 10.0 Å². The molecule has 0 saturated carbocycles. The molecule has 3 aromatic rings. The fourth-order valence-electron chi connectivity index (χ4n) is 1.86. The molecular formula is C10H13N7O2S2. The molecule has 0 aliphatic heterocycles. The van der Waals surface area contributed by atoms with Gasteiger partial charge >= 0.3 is 0 Å². The average molecular weight is 327 g/mol. The Morgan fingerprint density at radius 3 is 2.90 bits per heavy atom. The van der Waals surface area contributed by atoms with Crippen LogP contribution in [0.3, 0.4) is 0 Å². The van der Waals surface area contributed by atoms with Gasteiger partial charge in [-0.05, 0) is 6.92 Å². The number of thiazole rings is 1. The fourth-order valence-corrected chi connectivity index (χ4v) is 3.93. The van der Waals surface area contributed by atoms with Crippen LogP contribution in [0.15, 0.2) is 22.9 Å². The molecule has 0 saturated heterocycles. The molecule has 0 bridgehead atoms. The highest BCUT2D eigenvalue weighted by Crippen LogP contribution is 2.26. The number of hydrogen-bond donors (Lipinski definition) is 2. The number of fused-ring (bicyclic) bond motifs is 1. The van der Waals surface area contributed by atoms with Crippen LogP contribution >= 0.6 is 11.3 Å². The molecule has 0 aliphatic carbocycles. The summed E-state index contributed by atoms with van der Waals surface area (Å²) < 4.78 is 30.6. The lowest BCUT2D eigenvalue weighted by Gasteiger charge is -2.08. The van der Waals surface area contributed by atoms with E-state index in [0.717, 1.165) is 0 Å². The minimum absolute atomic E-state index is 0.0589. The number of nitrogens with zero attached hydrogens (tertiary/aromatic N) is 5. The molecule has 0 fully saturated rings. The number of aryl methyl sites for hydroxylation is 1. The first-order valence-corrected chi connectivity index (χ1v) is 8.45. The van der Waals surface area contributed by atoms with Gasteiger partial charge in [0.25, 0.3) is 10.0 Å². The van der Waals surface area contributed by atoms with E-state index in [-0.39, 0.29) is 11.0 Å². The van der Waals surface area contributed by atoms with Crippen molar-refractivity contribution >= 4 is 38.1 Å². The molecule has 9 nitrogen and oxygen atoms in total. The summed E-state index contributed by atoms with van der Waals surface area (Å²) in [5, 5.41) is 8.64. The molecule has 0 radical (unpaired) electrons. The zero-order chi connectivity index (χ0) is 15.0. The third-order valence-corrected chi connectivity index (χ3v) is 4.86. The third kappa shape index (κ3) is 2.34. The molecule has 0 spiro atoms. The summed E-state index contributed by atoms with van der Waals surface area (Å²) >= 11 is 1.36. The predicted octanol–water partition coefficient (Wildman–Crippen LogP) is 0.757. The second kappa shape index (κ2) is 5.00. The molecule has 2 N–H and O–H groups in total. The second-order valence-electron chi connectivity index (χ2n) is 4.16. The molecule has 0 amide bonds. The van der Waals surface area contributed by atoms with Gasteiger partial charge in [-0.25, -0.2) is 14.4 Å². The highest BCUT2D eigenvalue weighted by molar-refractivity contribution is 7.92. The fraction of sp³-hybridized carbons (Fsp3) is 0.300. The van der Waals surface area contributed by atoms with Gasteiger partial charge in [-0.3, -0.25) is 4.40 Å². The Bertz CT molecular complexity index is 876. The van der Waals surface area contributed by atoms with Crippen molar-refractivity contribution in [3.63, 3.8) is 0 Å². The summed E-state index contributed by atoms with van der Waals surface area (Å²) in [5.74, 6) is 0.460. The standard InChI is InChI=1S/C10H13N7O2S2/c1-3-11-7-8(17-4-5-20-10(17)14-7)21(18,19)15-9-12-6-13-16(9)2/h4-6,11H,3H2,1-2H3,(H,12,13,15). The molecule has 112 valence electrons. The Hall–Kier alpha value is -2.14. The molecular weight excluding hydrogens is 314 g/mol. The van der Waals surface area contributed by atoms with E-state index in [1.165, 1.54) is 26.7 Å². The van der Waals surface area contributed by atoms with Crippen molar-refractivity contribution in [3.05, 3.63) is 17.9 Å². The maximum atomic E-state index is 12.6. The van der Waals surface area contributed by atoms with E-state index in [1.54, 1.807) is 18.6 Å². The Labute approximate surface area is 124 Å². The SMILES string of the molecule is CCNc1nc2sccn2c1S(=O)(=O)Nc1ncnn1C. The summed E-state index contributed by atoms with van der Waals surface area (Å²) in [6, 6.07) is 0. The van der Waals surface area contributed by atoms with Crippen LogP contribution in [-0.4, -0.2) is 39.1 Å². The van der Waals surface area contributed by atoms with Crippen LogP contribution in [0.4, 0.5) is 11.8 Å². The van der Waals surface area contributed by atoms with Crippen molar-refractivity contribution in [3.8, 4) is 0 Å². The maximum Gasteiger partial charge on any atom is 0.284 e. The van der Waals surface area contributed by atoms with Crippen molar-refractivity contribution in [2.45, 2.75) is 11.9 Å². The highest BCUT2D eigenvalue weighted by Gasteiger charge is 2.27. The van der Waals surface area contributed by atoms with E-state index in [9.17, 15) is 8.42 Å². The first-order valence-electron chi connectivity index (χ1n) is 6.09. The number of anilines is 2. The van der Waals surface area contributed by atoms with Crippen LogP contribution in [0, 0.1) is 0 Å². The lowest BCUT2D eigenvalue weighted by molar-refractivity contribution is 0.596. The zero-order valence-electron chi connectivity index (χ0n) is 11.3. The van der Waals surface area contributed by atoms with Crippen LogP contribution in [0.2, 0.25) is 0 Å². The average Bonchev–Trinajstić information content (AvgIpc) is 3.06. The molecule has 0 aromatic carbocycles. The summed E-state index contributed by atoms with van der Waals surface area (Å²) in [7, 11) is -2.24. The minimum Gasteiger partial charge on any atom is -0.368 e. The Morgan fingerprint density at radius 2 is 2.24 bits per heavy atom. The summed E-state index contributed by atoms with van der Waals surface area (Å²) in [4.78, 5) is 8.76. The van der Waals surface area contributed by atoms with Gasteiger partial charge in [-0.2, -0.15) is 18.5 Å². The van der Waals surface area contributed by atoms with Crippen LogP contribution in [0.1, 0.15) is 6.92 Å². The van der Waals surface area contributed by atoms with Crippen LogP contribution in [0.25, 0.3) is 4.96 Å². The van der Waals surface area contributed by atoms with Crippen molar-refractivity contribution < 1.29 is 8.42 Å². The van der Waals surface area contributed by atoms with Crippen LogP contribution in [-0.2, 0) is 17.1 Å². The van der Waals surface area contributed by atoms with Gasteiger partial charge < -0.3 is 5.32 Å². The van der Waals surface area contributed by atoms with Gasteiger partial charge in [0.2, 0.25) is 11.0 Å². The Kier molecular flexibility index (Phi) is 3.29. The Balaban J connectivity index is 2.11. The van der Waals surface area contributed by atoms with E-state index >= 15 is 0 Å². The van der Waals surface area contributed by atoms with Gasteiger partial charge in [0.05, 0.1) is 0 Å². The van der Waals surface area contributed by atoms with Gasteiger partial charge in [0, 0.05) is 25.2 Å². The van der Waals surface area contributed by atoms with Crippen molar-refractivity contribution in [2.24, 2.45) is 7.05 Å². The summed E-state index contributed by atoms with van der Waals surface area (Å²) in [6.45, 7) is 2.44. The lowest BCUT2D eigenvalue weighted by atomic mass is 10.6. The quantitative estimate of drug-likeness (QED) is 0.716. The zero-order valence-corrected chi connectivity index (χ0v) is 12.9. The normalized spacial score (nSPS) is 11.9. The smallest absolute Gasteiger partial charge is 0.284 e. The summed E-state index contributed by atoms with van der Waals surface area (Å²) in [6.07, 6.45) is 2.94.